The Morgan fingerprint density at radius 2 is 2.17 bits per heavy atom. The molecule has 1 saturated carbocycles. The van der Waals surface area contributed by atoms with Crippen molar-refractivity contribution < 1.29 is 9.47 Å². The summed E-state index contributed by atoms with van der Waals surface area (Å²) in [5, 5.41) is 3.61. The van der Waals surface area contributed by atoms with Gasteiger partial charge in [-0.3, -0.25) is 0 Å². The fourth-order valence-corrected chi connectivity index (χ4v) is 2.81. The van der Waals surface area contributed by atoms with E-state index >= 15 is 0 Å². The average molecular weight is 256 g/mol. The zero-order chi connectivity index (χ0) is 12.8. The zero-order valence-corrected chi connectivity index (χ0v) is 11.9. The third-order valence-electron chi connectivity index (χ3n) is 4.12. The van der Waals surface area contributed by atoms with Crippen LogP contribution in [-0.2, 0) is 9.47 Å². The van der Waals surface area contributed by atoms with Crippen molar-refractivity contribution in [2.45, 2.75) is 43.7 Å². The van der Waals surface area contributed by atoms with Crippen molar-refractivity contribution in [1.29, 1.82) is 0 Å². The van der Waals surface area contributed by atoms with E-state index in [4.69, 9.17) is 9.47 Å². The molecule has 1 atom stereocenters. The van der Waals surface area contributed by atoms with Crippen LogP contribution in [0.5, 0.6) is 0 Å². The van der Waals surface area contributed by atoms with Gasteiger partial charge < -0.3 is 19.7 Å². The van der Waals surface area contributed by atoms with Gasteiger partial charge in [0.05, 0.1) is 18.8 Å². The molecule has 1 unspecified atom stereocenters. The predicted molar refractivity (Wildman–Crippen MR) is 72.9 cm³/mol. The minimum atomic E-state index is 0.252. The van der Waals surface area contributed by atoms with Crippen molar-refractivity contribution in [1.82, 2.24) is 10.2 Å². The smallest absolute Gasteiger partial charge is 0.0697 e. The van der Waals surface area contributed by atoms with Crippen LogP contribution in [0, 0.1) is 0 Å². The molecule has 0 aromatic carbocycles. The summed E-state index contributed by atoms with van der Waals surface area (Å²) in [7, 11) is 4.14. The second kappa shape index (κ2) is 6.85. The lowest BCUT2D eigenvalue weighted by Crippen LogP contribution is -2.51. The lowest BCUT2D eigenvalue weighted by atomic mass is 9.74. The Kier molecular flexibility index (Phi) is 5.42. The van der Waals surface area contributed by atoms with E-state index in [1.807, 2.05) is 0 Å². The van der Waals surface area contributed by atoms with Gasteiger partial charge in [-0.2, -0.15) is 0 Å². The molecular weight excluding hydrogens is 228 g/mol. The van der Waals surface area contributed by atoms with Crippen LogP contribution in [0.15, 0.2) is 0 Å². The summed E-state index contributed by atoms with van der Waals surface area (Å²) in [6.45, 7) is 4.54. The maximum atomic E-state index is 5.93. The third kappa shape index (κ3) is 4.19. The SMILES string of the molecule is CN(C)CCOCCNC1CCOC2(CCC2)C1. The first-order chi connectivity index (χ1) is 8.70. The lowest BCUT2D eigenvalue weighted by molar-refractivity contribution is -0.135. The maximum absolute atomic E-state index is 5.93. The fraction of sp³-hybridized carbons (Fsp3) is 1.00. The number of ether oxygens (including phenoxy) is 2. The van der Waals surface area contributed by atoms with Gasteiger partial charge in [-0.25, -0.2) is 0 Å². The molecule has 1 N–H and O–H groups in total. The van der Waals surface area contributed by atoms with Crippen molar-refractivity contribution in [2.24, 2.45) is 0 Å². The Hall–Kier alpha value is -0.160. The number of likely N-dealkylation sites (N-methyl/N-ethyl adjacent to an activating group) is 1. The summed E-state index contributed by atoms with van der Waals surface area (Å²) in [4.78, 5) is 2.15. The second-order valence-electron chi connectivity index (χ2n) is 5.94. The highest BCUT2D eigenvalue weighted by atomic mass is 16.5. The molecule has 0 aromatic heterocycles. The quantitative estimate of drug-likeness (QED) is 0.695. The Labute approximate surface area is 111 Å². The number of hydrogen-bond donors (Lipinski definition) is 1. The minimum Gasteiger partial charge on any atom is -0.379 e. The summed E-state index contributed by atoms with van der Waals surface area (Å²) in [5.74, 6) is 0. The topological polar surface area (TPSA) is 33.7 Å². The molecule has 2 rings (SSSR count). The van der Waals surface area contributed by atoms with Crippen LogP contribution in [0.2, 0.25) is 0 Å². The Morgan fingerprint density at radius 3 is 2.83 bits per heavy atom. The highest BCUT2D eigenvalue weighted by Crippen LogP contribution is 2.42. The monoisotopic (exact) mass is 256 g/mol. The molecule has 1 aliphatic heterocycles. The highest BCUT2D eigenvalue weighted by molar-refractivity contribution is 4.95. The Balaban J connectivity index is 1.51. The molecule has 1 aliphatic carbocycles. The highest BCUT2D eigenvalue weighted by Gasteiger charge is 2.42. The van der Waals surface area contributed by atoms with Gasteiger partial charge in [0.2, 0.25) is 0 Å². The average Bonchev–Trinajstić information content (AvgIpc) is 2.32. The number of nitrogens with one attached hydrogen (secondary N) is 1. The molecular formula is C14H28N2O2. The summed E-state index contributed by atoms with van der Waals surface area (Å²) < 4.78 is 11.5. The summed E-state index contributed by atoms with van der Waals surface area (Å²) in [6.07, 6.45) is 6.24. The standard InChI is InChI=1S/C14H28N2O2/c1-16(2)8-11-17-10-7-15-13-4-9-18-14(12-13)5-3-6-14/h13,15H,3-12H2,1-2H3. The van der Waals surface area contributed by atoms with Gasteiger partial charge in [-0.15, -0.1) is 0 Å². The van der Waals surface area contributed by atoms with Crippen LogP contribution in [0.4, 0.5) is 0 Å². The molecule has 1 spiro atoms. The molecule has 2 fully saturated rings. The van der Waals surface area contributed by atoms with Gasteiger partial charge in [-0.1, -0.05) is 0 Å². The number of hydrogen-bond acceptors (Lipinski definition) is 4. The van der Waals surface area contributed by atoms with Crippen molar-refractivity contribution >= 4 is 0 Å². The number of rotatable bonds is 7. The van der Waals surface area contributed by atoms with E-state index < -0.39 is 0 Å². The predicted octanol–water partition coefficient (Wildman–Crippen LogP) is 1.26. The molecule has 0 bridgehead atoms. The lowest BCUT2D eigenvalue weighted by Gasteiger charge is -2.47. The van der Waals surface area contributed by atoms with E-state index in [1.165, 1.54) is 25.7 Å². The molecule has 18 heavy (non-hydrogen) atoms. The maximum Gasteiger partial charge on any atom is 0.0697 e. The Bertz CT molecular complexity index is 242. The van der Waals surface area contributed by atoms with Gasteiger partial charge in [0.1, 0.15) is 0 Å². The first-order valence-electron chi connectivity index (χ1n) is 7.30. The fourth-order valence-electron chi connectivity index (χ4n) is 2.81. The number of nitrogens with zero attached hydrogens (tertiary/aromatic N) is 1. The molecule has 4 heteroatoms. The third-order valence-corrected chi connectivity index (χ3v) is 4.12. The Morgan fingerprint density at radius 1 is 1.33 bits per heavy atom. The molecule has 0 amide bonds. The minimum absolute atomic E-state index is 0.252. The van der Waals surface area contributed by atoms with Crippen molar-refractivity contribution in [2.75, 3.05) is 47.0 Å². The molecule has 1 heterocycles. The van der Waals surface area contributed by atoms with Crippen LogP contribution in [0.3, 0.4) is 0 Å². The van der Waals surface area contributed by atoms with Crippen LogP contribution in [0.1, 0.15) is 32.1 Å². The van der Waals surface area contributed by atoms with E-state index in [9.17, 15) is 0 Å². The molecule has 1 saturated heterocycles. The van der Waals surface area contributed by atoms with E-state index in [2.05, 4.69) is 24.3 Å². The van der Waals surface area contributed by atoms with Crippen LogP contribution in [0.25, 0.3) is 0 Å². The molecule has 0 aromatic rings. The molecule has 0 radical (unpaired) electrons. The van der Waals surface area contributed by atoms with Crippen molar-refractivity contribution in [3.8, 4) is 0 Å². The largest absolute Gasteiger partial charge is 0.379 e. The summed E-state index contributed by atoms with van der Waals surface area (Å²) >= 11 is 0. The van der Waals surface area contributed by atoms with Crippen LogP contribution >= 0.6 is 0 Å². The van der Waals surface area contributed by atoms with Gasteiger partial charge >= 0.3 is 0 Å². The normalized spacial score (nSPS) is 26.5. The summed E-state index contributed by atoms with van der Waals surface area (Å²) in [6, 6.07) is 0.636. The zero-order valence-electron chi connectivity index (χ0n) is 11.9. The van der Waals surface area contributed by atoms with Crippen LogP contribution < -0.4 is 5.32 Å². The van der Waals surface area contributed by atoms with Gasteiger partial charge in [0.25, 0.3) is 0 Å². The first-order valence-corrected chi connectivity index (χ1v) is 7.30. The van der Waals surface area contributed by atoms with Gasteiger partial charge in [0, 0.05) is 25.7 Å². The van der Waals surface area contributed by atoms with Crippen molar-refractivity contribution in [3.63, 3.8) is 0 Å². The van der Waals surface area contributed by atoms with E-state index in [0.29, 0.717) is 6.04 Å². The molecule has 2 aliphatic rings. The summed E-state index contributed by atoms with van der Waals surface area (Å²) in [5.41, 5.74) is 0.252. The second-order valence-corrected chi connectivity index (χ2v) is 5.94. The van der Waals surface area contributed by atoms with Crippen LogP contribution in [-0.4, -0.2) is 63.5 Å². The van der Waals surface area contributed by atoms with E-state index in [-0.39, 0.29) is 5.60 Å². The van der Waals surface area contributed by atoms with Gasteiger partial charge in [-0.05, 0) is 46.2 Å². The van der Waals surface area contributed by atoms with Gasteiger partial charge in [0.15, 0.2) is 0 Å². The first kappa shape index (κ1) is 14.3. The molecule has 4 nitrogen and oxygen atoms in total. The molecule has 106 valence electrons. The van der Waals surface area contributed by atoms with E-state index in [1.54, 1.807) is 0 Å². The van der Waals surface area contributed by atoms with E-state index in [0.717, 1.165) is 39.3 Å². The van der Waals surface area contributed by atoms with Crippen molar-refractivity contribution in [3.05, 3.63) is 0 Å².